The molecule has 88 valence electrons. The minimum absolute atomic E-state index is 0.189. The largest absolute Gasteiger partial charge is 0.507 e. The van der Waals surface area contributed by atoms with E-state index in [0.29, 0.717) is 5.75 Å². The summed E-state index contributed by atoms with van der Waals surface area (Å²) in [6.45, 7) is 0.847. The van der Waals surface area contributed by atoms with E-state index in [1.807, 2.05) is 24.3 Å². The van der Waals surface area contributed by atoms with Crippen LogP contribution in [0.5, 0.6) is 5.75 Å². The SMILES string of the molecule is Oc1ccc(C2CCCCO2)c2ccccc12. The van der Waals surface area contributed by atoms with E-state index < -0.39 is 0 Å². The van der Waals surface area contributed by atoms with Gasteiger partial charge in [-0.05, 0) is 36.3 Å². The van der Waals surface area contributed by atoms with Gasteiger partial charge >= 0.3 is 0 Å². The quantitative estimate of drug-likeness (QED) is 0.804. The second-order valence-corrected chi connectivity index (χ2v) is 4.57. The Kier molecular flexibility index (Phi) is 2.73. The number of phenolic OH excluding ortho intramolecular Hbond substituents is 1. The zero-order chi connectivity index (χ0) is 11.7. The third-order valence-corrected chi connectivity index (χ3v) is 3.46. The molecule has 17 heavy (non-hydrogen) atoms. The summed E-state index contributed by atoms with van der Waals surface area (Å²) < 4.78 is 5.83. The molecule has 0 bridgehead atoms. The Balaban J connectivity index is 2.12. The average molecular weight is 228 g/mol. The van der Waals surface area contributed by atoms with Crippen molar-refractivity contribution < 1.29 is 9.84 Å². The first kappa shape index (κ1) is 10.6. The minimum atomic E-state index is 0.189. The van der Waals surface area contributed by atoms with Crippen molar-refractivity contribution in [3.8, 4) is 5.75 Å². The van der Waals surface area contributed by atoms with Gasteiger partial charge in [0.05, 0.1) is 6.10 Å². The van der Waals surface area contributed by atoms with Crippen molar-refractivity contribution in [1.82, 2.24) is 0 Å². The molecular weight excluding hydrogens is 212 g/mol. The highest BCUT2D eigenvalue weighted by Crippen LogP contribution is 2.35. The van der Waals surface area contributed by atoms with Gasteiger partial charge in [-0.1, -0.05) is 30.3 Å². The molecule has 1 atom stereocenters. The Bertz CT molecular complexity index is 527. The van der Waals surface area contributed by atoms with E-state index >= 15 is 0 Å². The van der Waals surface area contributed by atoms with Crippen molar-refractivity contribution >= 4 is 10.8 Å². The Labute approximate surface area is 101 Å². The first-order valence-electron chi connectivity index (χ1n) is 6.18. The number of fused-ring (bicyclic) bond motifs is 1. The highest BCUT2D eigenvalue weighted by atomic mass is 16.5. The molecule has 1 fully saturated rings. The summed E-state index contributed by atoms with van der Waals surface area (Å²) in [4.78, 5) is 0. The molecule has 0 radical (unpaired) electrons. The fraction of sp³-hybridized carbons (Fsp3) is 0.333. The van der Waals surface area contributed by atoms with Gasteiger partial charge in [-0.2, -0.15) is 0 Å². The van der Waals surface area contributed by atoms with Gasteiger partial charge in [0.15, 0.2) is 0 Å². The van der Waals surface area contributed by atoms with Crippen molar-refractivity contribution in [3.63, 3.8) is 0 Å². The first-order chi connectivity index (χ1) is 8.36. The summed E-state index contributed by atoms with van der Waals surface area (Å²) in [6.07, 6.45) is 3.65. The van der Waals surface area contributed by atoms with Crippen molar-refractivity contribution in [2.24, 2.45) is 0 Å². The molecule has 1 heterocycles. The molecule has 1 N–H and O–H groups in total. The zero-order valence-corrected chi connectivity index (χ0v) is 9.73. The van der Waals surface area contributed by atoms with Crippen LogP contribution in [0.2, 0.25) is 0 Å². The summed E-state index contributed by atoms with van der Waals surface area (Å²) in [7, 11) is 0. The van der Waals surface area contributed by atoms with Gasteiger partial charge in [0, 0.05) is 12.0 Å². The monoisotopic (exact) mass is 228 g/mol. The van der Waals surface area contributed by atoms with Crippen molar-refractivity contribution in [2.75, 3.05) is 6.61 Å². The molecule has 2 heteroatoms. The molecule has 1 saturated heterocycles. The topological polar surface area (TPSA) is 29.5 Å². The van der Waals surface area contributed by atoms with Gasteiger partial charge in [0.1, 0.15) is 5.75 Å². The van der Waals surface area contributed by atoms with Crippen molar-refractivity contribution in [3.05, 3.63) is 42.0 Å². The molecule has 0 saturated carbocycles. The molecule has 0 aliphatic carbocycles. The van der Waals surface area contributed by atoms with E-state index in [0.717, 1.165) is 30.2 Å². The number of aromatic hydroxyl groups is 1. The van der Waals surface area contributed by atoms with E-state index in [4.69, 9.17) is 4.74 Å². The van der Waals surface area contributed by atoms with Crippen LogP contribution in [0, 0.1) is 0 Å². The van der Waals surface area contributed by atoms with Crippen LogP contribution in [-0.4, -0.2) is 11.7 Å². The number of hydrogen-bond acceptors (Lipinski definition) is 2. The molecule has 0 amide bonds. The minimum Gasteiger partial charge on any atom is -0.507 e. The van der Waals surface area contributed by atoms with Crippen LogP contribution in [0.4, 0.5) is 0 Å². The fourth-order valence-electron chi connectivity index (χ4n) is 2.57. The van der Waals surface area contributed by atoms with Crippen molar-refractivity contribution in [2.45, 2.75) is 25.4 Å². The Morgan fingerprint density at radius 2 is 1.82 bits per heavy atom. The van der Waals surface area contributed by atoms with Crippen LogP contribution in [0.3, 0.4) is 0 Å². The predicted molar refractivity (Wildman–Crippen MR) is 68.2 cm³/mol. The van der Waals surface area contributed by atoms with Crippen LogP contribution >= 0.6 is 0 Å². The van der Waals surface area contributed by atoms with Gasteiger partial charge in [-0.3, -0.25) is 0 Å². The van der Waals surface area contributed by atoms with Gasteiger partial charge in [0.2, 0.25) is 0 Å². The van der Waals surface area contributed by atoms with Gasteiger partial charge in [-0.25, -0.2) is 0 Å². The van der Waals surface area contributed by atoms with Crippen LogP contribution < -0.4 is 0 Å². The van der Waals surface area contributed by atoms with Gasteiger partial charge < -0.3 is 9.84 Å². The lowest BCUT2D eigenvalue weighted by atomic mass is 9.95. The Morgan fingerprint density at radius 3 is 2.59 bits per heavy atom. The molecular formula is C15H16O2. The number of rotatable bonds is 1. The highest BCUT2D eigenvalue weighted by molar-refractivity contribution is 5.91. The summed E-state index contributed by atoms with van der Waals surface area (Å²) in [5.41, 5.74) is 1.21. The second kappa shape index (κ2) is 4.38. The van der Waals surface area contributed by atoms with Gasteiger partial charge in [0.25, 0.3) is 0 Å². The van der Waals surface area contributed by atoms with E-state index in [9.17, 15) is 5.11 Å². The molecule has 2 aromatic rings. The number of phenols is 1. The average Bonchev–Trinajstić information content (AvgIpc) is 2.41. The molecule has 1 aliphatic rings. The second-order valence-electron chi connectivity index (χ2n) is 4.57. The number of hydrogen-bond donors (Lipinski definition) is 1. The van der Waals surface area contributed by atoms with E-state index in [1.54, 1.807) is 6.07 Å². The van der Waals surface area contributed by atoms with E-state index in [1.165, 1.54) is 12.0 Å². The highest BCUT2D eigenvalue weighted by Gasteiger charge is 2.18. The number of benzene rings is 2. The standard InChI is InChI=1S/C15H16O2/c16-14-9-8-13(15-7-3-4-10-17-15)11-5-1-2-6-12(11)14/h1-2,5-6,8-9,15-16H,3-4,7,10H2. The lowest BCUT2D eigenvalue weighted by Crippen LogP contribution is -2.11. The summed E-state index contributed by atoms with van der Waals surface area (Å²) in [5.74, 6) is 0.347. The Hall–Kier alpha value is -1.54. The lowest BCUT2D eigenvalue weighted by Gasteiger charge is -2.24. The van der Waals surface area contributed by atoms with Crippen molar-refractivity contribution in [1.29, 1.82) is 0 Å². The first-order valence-corrected chi connectivity index (χ1v) is 6.18. The normalized spacial score (nSPS) is 20.6. The van der Waals surface area contributed by atoms with Crippen LogP contribution in [0.15, 0.2) is 36.4 Å². The maximum Gasteiger partial charge on any atom is 0.123 e. The summed E-state index contributed by atoms with van der Waals surface area (Å²) in [5, 5.41) is 11.9. The zero-order valence-electron chi connectivity index (χ0n) is 9.73. The fourth-order valence-corrected chi connectivity index (χ4v) is 2.57. The molecule has 2 nitrogen and oxygen atoms in total. The third kappa shape index (κ3) is 1.89. The predicted octanol–water partition coefficient (Wildman–Crippen LogP) is 3.79. The maximum absolute atomic E-state index is 9.85. The van der Waals surface area contributed by atoms with Crippen LogP contribution in [0.25, 0.3) is 10.8 Å². The molecule has 0 aromatic heterocycles. The lowest BCUT2D eigenvalue weighted by molar-refractivity contribution is 0.0158. The molecule has 2 aromatic carbocycles. The van der Waals surface area contributed by atoms with Crippen LogP contribution in [-0.2, 0) is 4.74 Å². The van der Waals surface area contributed by atoms with E-state index in [-0.39, 0.29) is 6.10 Å². The van der Waals surface area contributed by atoms with Crippen LogP contribution in [0.1, 0.15) is 30.9 Å². The molecule has 0 spiro atoms. The molecule has 1 unspecified atom stereocenters. The van der Waals surface area contributed by atoms with E-state index in [2.05, 4.69) is 6.07 Å². The number of ether oxygens (including phenoxy) is 1. The molecule has 1 aliphatic heterocycles. The summed E-state index contributed by atoms with van der Waals surface area (Å²) >= 11 is 0. The Morgan fingerprint density at radius 1 is 1.00 bits per heavy atom. The molecule has 3 rings (SSSR count). The smallest absolute Gasteiger partial charge is 0.123 e. The summed E-state index contributed by atoms with van der Waals surface area (Å²) in [6, 6.07) is 11.7. The third-order valence-electron chi connectivity index (χ3n) is 3.46. The maximum atomic E-state index is 9.85. The van der Waals surface area contributed by atoms with Gasteiger partial charge in [-0.15, -0.1) is 0 Å².